The lowest BCUT2D eigenvalue weighted by Crippen LogP contribution is -2.61. The fraction of sp³-hybridized carbons (Fsp3) is 0.562. The highest BCUT2D eigenvalue weighted by Gasteiger charge is 2.48. The van der Waals surface area contributed by atoms with E-state index in [2.05, 4.69) is 0 Å². The number of aryl methyl sites for hydroxylation is 1. The molecule has 1 aliphatic carbocycles. The number of carbonyl (C=O) groups is 1. The molecule has 0 bridgehead atoms. The van der Waals surface area contributed by atoms with Crippen molar-refractivity contribution in [2.24, 2.45) is 5.41 Å². The fourth-order valence-corrected chi connectivity index (χ4v) is 2.78. The SMILES string of the molecule is CC.Cc1ccc(C(=O)N2CC3(CCC3)C2)cc1. The second-order valence-electron chi connectivity index (χ2n) is 5.38. The molecule has 0 aromatic heterocycles. The molecule has 2 aliphatic rings. The van der Waals surface area contributed by atoms with Crippen molar-refractivity contribution in [2.75, 3.05) is 13.1 Å². The summed E-state index contributed by atoms with van der Waals surface area (Å²) in [5, 5.41) is 0. The number of hydrogen-bond acceptors (Lipinski definition) is 1. The van der Waals surface area contributed by atoms with E-state index < -0.39 is 0 Å². The monoisotopic (exact) mass is 245 g/mol. The van der Waals surface area contributed by atoms with Gasteiger partial charge in [0.15, 0.2) is 0 Å². The zero-order valence-corrected chi connectivity index (χ0v) is 11.7. The van der Waals surface area contributed by atoms with E-state index in [1.807, 2.05) is 49.9 Å². The Morgan fingerprint density at radius 2 is 1.67 bits per heavy atom. The van der Waals surface area contributed by atoms with Gasteiger partial charge in [-0.05, 0) is 31.9 Å². The molecule has 0 unspecified atom stereocenters. The number of nitrogens with zero attached hydrogens (tertiary/aromatic N) is 1. The van der Waals surface area contributed by atoms with Crippen LogP contribution in [-0.2, 0) is 0 Å². The van der Waals surface area contributed by atoms with Crippen molar-refractivity contribution >= 4 is 5.91 Å². The molecule has 18 heavy (non-hydrogen) atoms. The van der Waals surface area contributed by atoms with Gasteiger partial charge in [0.2, 0.25) is 0 Å². The summed E-state index contributed by atoms with van der Waals surface area (Å²) < 4.78 is 0. The summed E-state index contributed by atoms with van der Waals surface area (Å²) in [6.07, 6.45) is 4.00. The molecule has 1 spiro atoms. The molecule has 2 fully saturated rings. The Bertz CT molecular complexity index is 409. The predicted molar refractivity (Wildman–Crippen MR) is 74.7 cm³/mol. The maximum atomic E-state index is 12.1. The highest BCUT2D eigenvalue weighted by Crippen LogP contribution is 2.48. The standard InChI is InChI=1S/C14H17NO.C2H6/c1-11-3-5-12(6-4-11)13(16)15-9-14(10-15)7-2-8-14;1-2/h3-6H,2,7-10H2,1H3;1-2H3. The summed E-state index contributed by atoms with van der Waals surface area (Å²) in [7, 11) is 0. The van der Waals surface area contributed by atoms with Crippen molar-refractivity contribution in [1.29, 1.82) is 0 Å². The minimum Gasteiger partial charge on any atom is -0.337 e. The lowest BCUT2D eigenvalue weighted by Gasteiger charge is -2.55. The predicted octanol–water partition coefficient (Wildman–Crippen LogP) is 3.65. The Morgan fingerprint density at radius 3 is 2.11 bits per heavy atom. The minimum absolute atomic E-state index is 0.206. The van der Waals surface area contributed by atoms with E-state index >= 15 is 0 Å². The van der Waals surface area contributed by atoms with Crippen molar-refractivity contribution in [3.63, 3.8) is 0 Å². The van der Waals surface area contributed by atoms with E-state index in [-0.39, 0.29) is 5.91 Å². The zero-order chi connectivity index (χ0) is 13.2. The van der Waals surface area contributed by atoms with Crippen LogP contribution in [0.4, 0.5) is 0 Å². The molecule has 1 saturated carbocycles. The van der Waals surface area contributed by atoms with Gasteiger partial charge >= 0.3 is 0 Å². The fourth-order valence-electron chi connectivity index (χ4n) is 2.78. The maximum Gasteiger partial charge on any atom is 0.253 e. The van der Waals surface area contributed by atoms with E-state index in [4.69, 9.17) is 0 Å². The average molecular weight is 245 g/mol. The van der Waals surface area contributed by atoms with E-state index in [1.54, 1.807) is 0 Å². The lowest BCUT2D eigenvalue weighted by molar-refractivity contribution is -0.0426. The average Bonchev–Trinajstić information content (AvgIpc) is 2.29. The topological polar surface area (TPSA) is 20.3 Å². The molecule has 1 saturated heterocycles. The zero-order valence-electron chi connectivity index (χ0n) is 11.7. The van der Waals surface area contributed by atoms with Crippen LogP contribution < -0.4 is 0 Å². The molecular weight excluding hydrogens is 222 g/mol. The molecule has 1 aliphatic heterocycles. The van der Waals surface area contributed by atoms with Gasteiger partial charge in [0.05, 0.1) is 0 Å². The summed E-state index contributed by atoms with van der Waals surface area (Å²) in [6, 6.07) is 7.88. The highest BCUT2D eigenvalue weighted by atomic mass is 16.2. The molecule has 0 N–H and O–H groups in total. The molecule has 1 aromatic carbocycles. The normalized spacial score (nSPS) is 19.4. The summed E-state index contributed by atoms with van der Waals surface area (Å²) in [6.45, 7) is 8.01. The second-order valence-corrected chi connectivity index (χ2v) is 5.38. The van der Waals surface area contributed by atoms with E-state index in [0.717, 1.165) is 18.7 Å². The van der Waals surface area contributed by atoms with Crippen LogP contribution >= 0.6 is 0 Å². The Kier molecular flexibility index (Phi) is 3.74. The maximum absolute atomic E-state index is 12.1. The van der Waals surface area contributed by atoms with Crippen LogP contribution in [0, 0.1) is 12.3 Å². The van der Waals surface area contributed by atoms with Gasteiger partial charge in [-0.2, -0.15) is 0 Å². The minimum atomic E-state index is 0.206. The van der Waals surface area contributed by atoms with E-state index in [0.29, 0.717) is 5.41 Å². The van der Waals surface area contributed by atoms with Crippen LogP contribution in [0.25, 0.3) is 0 Å². The van der Waals surface area contributed by atoms with Gasteiger partial charge in [0, 0.05) is 24.1 Å². The van der Waals surface area contributed by atoms with Crippen molar-refractivity contribution in [3.05, 3.63) is 35.4 Å². The Hall–Kier alpha value is -1.31. The third kappa shape index (κ3) is 2.29. The Morgan fingerprint density at radius 1 is 1.11 bits per heavy atom. The first-order valence-electron chi connectivity index (χ1n) is 7.05. The number of amides is 1. The van der Waals surface area contributed by atoms with Crippen LogP contribution in [0.3, 0.4) is 0 Å². The van der Waals surface area contributed by atoms with Gasteiger partial charge in [-0.25, -0.2) is 0 Å². The van der Waals surface area contributed by atoms with Crippen molar-refractivity contribution in [1.82, 2.24) is 4.90 Å². The largest absolute Gasteiger partial charge is 0.337 e. The Balaban J connectivity index is 0.000000574. The summed E-state index contributed by atoms with van der Waals surface area (Å²) in [5.74, 6) is 0.206. The summed E-state index contributed by atoms with van der Waals surface area (Å²) >= 11 is 0. The number of carbonyl (C=O) groups excluding carboxylic acids is 1. The molecule has 0 atom stereocenters. The van der Waals surface area contributed by atoms with Gasteiger partial charge in [0.25, 0.3) is 5.91 Å². The number of likely N-dealkylation sites (tertiary alicyclic amines) is 1. The molecular formula is C16H23NO. The third-order valence-electron chi connectivity index (χ3n) is 4.05. The molecule has 98 valence electrons. The molecule has 3 rings (SSSR count). The molecule has 1 aromatic rings. The molecule has 2 heteroatoms. The second kappa shape index (κ2) is 5.13. The smallest absolute Gasteiger partial charge is 0.253 e. The number of benzene rings is 1. The van der Waals surface area contributed by atoms with Crippen molar-refractivity contribution in [2.45, 2.75) is 40.0 Å². The van der Waals surface area contributed by atoms with Gasteiger partial charge in [-0.3, -0.25) is 4.79 Å². The van der Waals surface area contributed by atoms with E-state index in [1.165, 1.54) is 24.8 Å². The van der Waals surface area contributed by atoms with Crippen molar-refractivity contribution < 1.29 is 4.79 Å². The first kappa shape index (κ1) is 13.1. The first-order valence-corrected chi connectivity index (χ1v) is 7.05. The van der Waals surface area contributed by atoms with Gasteiger partial charge in [0.1, 0.15) is 0 Å². The van der Waals surface area contributed by atoms with Crippen LogP contribution in [0.15, 0.2) is 24.3 Å². The molecule has 0 radical (unpaired) electrons. The molecule has 1 heterocycles. The first-order chi connectivity index (χ1) is 8.69. The van der Waals surface area contributed by atoms with Gasteiger partial charge in [-0.1, -0.05) is 38.0 Å². The van der Waals surface area contributed by atoms with Crippen LogP contribution in [0.1, 0.15) is 49.0 Å². The van der Waals surface area contributed by atoms with Crippen LogP contribution in [0.2, 0.25) is 0 Å². The van der Waals surface area contributed by atoms with E-state index in [9.17, 15) is 4.79 Å². The summed E-state index contributed by atoms with van der Waals surface area (Å²) in [5.41, 5.74) is 2.57. The van der Waals surface area contributed by atoms with Crippen LogP contribution in [-0.4, -0.2) is 23.9 Å². The van der Waals surface area contributed by atoms with Gasteiger partial charge in [-0.15, -0.1) is 0 Å². The van der Waals surface area contributed by atoms with Crippen LogP contribution in [0.5, 0.6) is 0 Å². The Labute approximate surface area is 110 Å². The molecule has 1 amide bonds. The van der Waals surface area contributed by atoms with Crippen molar-refractivity contribution in [3.8, 4) is 0 Å². The highest BCUT2D eigenvalue weighted by molar-refractivity contribution is 5.94. The lowest BCUT2D eigenvalue weighted by atomic mass is 9.63. The number of hydrogen-bond donors (Lipinski definition) is 0. The number of rotatable bonds is 1. The quantitative estimate of drug-likeness (QED) is 0.739. The third-order valence-corrected chi connectivity index (χ3v) is 4.05. The molecule has 2 nitrogen and oxygen atoms in total. The van der Waals surface area contributed by atoms with Gasteiger partial charge < -0.3 is 4.90 Å². The summed E-state index contributed by atoms with van der Waals surface area (Å²) in [4.78, 5) is 14.1.